The summed E-state index contributed by atoms with van der Waals surface area (Å²) in [6.45, 7) is 3.52. The highest BCUT2D eigenvalue weighted by atomic mass is 79.9. The number of piperidine rings is 3. The van der Waals surface area contributed by atoms with Crippen LogP contribution in [0.2, 0.25) is 0 Å². The average molecular weight is 535 g/mol. The summed E-state index contributed by atoms with van der Waals surface area (Å²) in [7, 11) is 0. The molecule has 3 aliphatic heterocycles. The third-order valence-corrected chi connectivity index (χ3v) is 7.87. The number of halogens is 1. The van der Waals surface area contributed by atoms with Gasteiger partial charge in [0, 0.05) is 17.4 Å². The Labute approximate surface area is 215 Å². The van der Waals surface area contributed by atoms with Crippen LogP contribution in [0.25, 0.3) is 0 Å². The molecule has 0 aliphatic carbocycles. The van der Waals surface area contributed by atoms with Crippen LogP contribution in [-0.4, -0.2) is 53.3 Å². The van der Waals surface area contributed by atoms with Gasteiger partial charge in [0.2, 0.25) is 0 Å². The van der Waals surface area contributed by atoms with Gasteiger partial charge >= 0.3 is 6.09 Å². The van der Waals surface area contributed by atoms with Crippen molar-refractivity contribution in [3.63, 3.8) is 0 Å². The number of nitrogens with zero attached hydrogens (tertiary/aromatic N) is 2. The Hall–Kier alpha value is -2.83. The monoisotopic (exact) mass is 534 g/mol. The molecular formula is C29H31BrN2O3. The minimum absolute atomic E-state index is 0.0119. The highest BCUT2D eigenvalue weighted by Crippen LogP contribution is 2.39. The molecule has 1 N–H and O–H groups in total. The van der Waals surface area contributed by atoms with Crippen molar-refractivity contribution >= 4 is 22.0 Å². The van der Waals surface area contributed by atoms with Crippen molar-refractivity contribution in [3.05, 3.63) is 100 Å². The van der Waals surface area contributed by atoms with Crippen LogP contribution >= 0.6 is 15.9 Å². The van der Waals surface area contributed by atoms with Crippen LogP contribution < -0.4 is 4.74 Å². The minimum Gasteiger partial charge on any atom is -0.493 e. The quantitative estimate of drug-likeness (QED) is 0.372. The lowest BCUT2D eigenvalue weighted by molar-refractivity contribution is -0.000809. The van der Waals surface area contributed by atoms with Gasteiger partial charge in [-0.1, -0.05) is 70.5 Å². The van der Waals surface area contributed by atoms with Gasteiger partial charge in [0.15, 0.2) is 0 Å². The zero-order chi connectivity index (χ0) is 24.2. The number of benzene rings is 3. The Balaban J connectivity index is 1.41. The molecule has 3 aromatic carbocycles. The molecular weight excluding hydrogens is 504 g/mol. The number of fused-ring (bicyclic) bond motifs is 3. The fourth-order valence-electron chi connectivity index (χ4n) is 5.55. The summed E-state index contributed by atoms with van der Waals surface area (Å²) >= 11 is 3.47. The van der Waals surface area contributed by atoms with E-state index in [1.54, 1.807) is 4.90 Å². The van der Waals surface area contributed by atoms with Crippen LogP contribution in [0.15, 0.2) is 83.3 Å². The van der Waals surface area contributed by atoms with Gasteiger partial charge in [-0.15, -0.1) is 0 Å². The number of ether oxygens (including phenoxy) is 1. The first kappa shape index (κ1) is 23.9. The summed E-state index contributed by atoms with van der Waals surface area (Å²) in [6, 6.07) is 25.8. The summed E-state index contributed by atoms with van der Waals surface area (Å²) in [4.78, 5) is 16.9. The fraction of sp³-hybridized carbons (Fsp3) is 0.345. The largest absolute Gasteiger partial charge is 0.493 e. The molecule has 3 aromatic rings. The van der Waals surface area contributed by atoms with Crippen LogP contribution in [0.5, 0.6) is 5.75 Å². The number of amides is 1. The summed E-state index contributed by atoms with van der Waals surface area (Å²) in [5.74, 6) is 1.17. The smallest absolute Gasteiger partial charge is 0.408 e. The van der Waals surface area contributed by atoms with Gasteiger partial charge in [-0.05, 0) is 72.8 Å². The lowest BCUT2D eigenvalue weighted by Gasteiger charge is -2.50. The van der Waals surface area contributed by atoms with E-state index in [9.17, 15) is 9.90 Å². The average Bonchev–Trinajstić information content (AvgIpc) is 2.89. The third kappa shape index (κ3) is 5.54. The van der Waals surface area contributed by atoms with Crippen molar-refractivity contribution in [3.8, 4) is 5.75 Å². The van der Waals surface area contributed by atoms with Crippen molar-refractivity contribution in [2.75, 3.05) is 26.2 Å². The van der Waals surface area contributed by atoms with E-state index in [2.05, 4.69) is 33.0 Å². The van der Waals surface area contributed by atoms with Crippen LogP contribution in [0.4, 0.5) is 4.79 Å². The first-order valence-electron chi connectivity index (χ1n) is 12.3. The Kier molecular flexibility index (Phi) is 7.40. The molecule has 0 radical (unpaired) electrons. The van der Waals surface area contributed by atoms with E-state index in [1.165, 1.54) is 5.56 Å². The van der Waals surface area contributed by atoms with E-state index in [0.717, 1.165) is 60.2 Å². The highest BCUT2D eigenvalue weighted by molar-refractivity contribution is 9.10. The van der Waals surface area contributed by atoms with E-state index in [-0.39, 0.29) is 12.1 Å². The van der Waals surface area contributed by atoms with Crippen LogP contribution in [0.3, 0.4) is 0 Å². The molecule has 1 unspecified atom stereocenters. The molecule has 6 heteroatoms. The minimum atomic E-state index is -0.862. The Morgan fingerprint density at radius 2 is 1.71 bits per heavy atom. The number of carbonyl (C=O) groups is 1. The second kappa shape index (κ2) is 10.8. The number of carboxylic acid groups (broad SMARTS) is 1. The van der Waals surface area contributed by atoms with Gasteiger partial charge in [0.05, 0.1) is 18.7 Å². The normalized spacial score (nSPS) is 21.9. The molecule has 3 fully saturated rings. The first-order chi connectivity index (χ1) is 17.1. The maximum Gasteiger partial charge on any atom is 0.408 e. The topological polar surface area (TPSA) is 53.0 Å². The van der Waals surface area contributed by atoms with Gasteiger partial charge < -0.3 is 14.7 Å². The van der Waals surface area contributed by atoms with Crippen LogP contribution in [0.1, 0.15) is 35.6 Å². The zero-order valence-corrected chi connectivity index (χ0v) is 21.3. The molecule has 0 spiro atoms. The molecule has 5 nitrogen and oxygen atoms in total. The Bertz CT molecular complexity index is 1130. The van der Waals surface area contributed by atoms with E-state index < -0.39 is 6.09 Å². The molecule has 0 aromatic heterocycles. The predicted molar refractivity (Wildman–Crippen MR) is 141 cm³/mol. The summed E-state index contributed by atoms with van der Waals surface area (Å²) in [5.41, 5.74) is 3.14. The molecule has 3 saturated heterocycles. The molecule has 35 heavy (non-hydrogen) atoms. The SMILES string of the molecule is O=C(O)N(C1CN2CCC1CC2)[C@H](c1ccccc1)c1cccc(OCCc2ccc(Br)cc2)c1. The molecule has 182 valence electrons. The fourth-order valence-corrected chi connectivity index (χ4v) is 5.82. The van der Waals surface area contributed by atoms with Crippen molar-refractivity contribution in [1.29, 1.82) is 0 Å². The maximum absolute atomic E-state index is 12.8. The Morgan fingerprint density at radius 3 is 2.37 bits per heavy atom. The lowest BCUT2D eigenvalue weighted by atomic mass is 9.81. The summed E-state index contributed by atoms with van der Waals surface area (Å²) in [6.07, 6.45) is 2.07. The number of hydrogen-bond acceptors (Lipinski definition) is 3. The van der Waals surface area contributed by atoms with E-state index in [4.69, 9.17) is 4.74 Å². The van der Waals surface area contributed by atoms with Crippen molar-refractivity contribution in [2.24, 2.45) is 5.92 Å². The van der Waals surface area contributed by atoms with Gasteiger partial charge in [0.25, 0.3) is 0 Å². The zero-order valence-electron chi connectivity index (χ0n) is 19.7. The number of rotatable bonds is 8. The second-order valence-electron chi connectivity index (χ2n) is 9.51. The highest BCUT2D eigenvalue weighted by Gasteiger charge is 2.43. The van der Waals surface area contributed by atoms with Gasteiger partial charge in [-0.2, -0.15) is 0 Å². The predicted octanol–water partition coefficient (Wildman–Crippen LogP) is 6.23. The summed E-state index contributed by atoms with van der Waals surface area (Å²) in [5, 5.41) is 10.5. The van der Waals surface area contributed by atoms with E-state index in [1.807, 2.05) is 66.7 Å². The van der Waals surface area contributed by atoms with Crippen LogP contribution in [-0.2, 0) is 6.42 Å². The molecule has 3 heterocycles. The van der Waals surface area contributed by atoms with Crippen molar-refractivity contribution in [1.82, 2.24) is 9.80 Å². The van der Waals surface area contributed by atoms with Crippen molar-refractivity contribution < 1.29 is 14.6 Å². The van der Waals surface area contributed by atoms with E-state index >= 15 is 0 Å². The molecule has 2 bridgehead atoms. The number of hydrogen-bond donors (Lipinski definition) is 1. The molecule has 0 saturated carbocycles. The van der Waals surface area contributed by atoms with Crippen molar-refractivity contribution in [2.45, 2.75) is 31.3 Å². The molecule has 6 rings (SSSR count). The first-order valence-corrected chi connectivity index (χ1v) is 13.1. The van der Waals surface area contributed by atoms with Gasteiger partial charge in [0.1, 0.15) is 5.75 Å². The lowest BCUT2D eigenvalue weighted by Crippen LogP contribution is -2.59. The van der Waals surface area contributed by atoms with Gasteiger partial charge in [-0.25, -0.2) is 4.79 Å². The Morgan fingerprint density at radius 1 is 1.00 bits per heavy atom. The maximum atomic E-state index is 12.8. The summed E-state index contributed by atoms with van der Waals surface area (Å²) < 4.78 is 7.18. The van der Waals surface area contributed by atoms with E-state index in [0.29, 0.717) is 12.5 Å². The molecule has 3 aliphatic rings. The molecule has 2 atom stereocenters. The molecule has 1 amide bonds. The third-order valence-electron chi connectivity index (χ3n) is 7.34. The van der Waals surface area contributed by atoms with Gasteiger partial charge in [-0.3, -0.25) is 4.90 Å². The van der Waals surface area contributed by atoms with Crippen LogP contribution in [0, 0.1) is 5.92 Å². The second-order valence-corrected chi connectivity index (χ2v) is 10.4. The standard InChI is InChI=1S/C29H31BrN2O3/c30-25-11-9-21(10-12-25)15-18-35-26-8-4-7-24(19-26)28(23-5-2-1-3-6-23)32(29(33)34)27-20-31-16-13-22(27)14-17-31/h1-12,19,22,27-28H,13-18,20H2,(H,33,34)/t27?,28-/m1/s1.